The van der Waals surface area contributed by atoms with Crippen molar-refractivity contribution in [2.75, 3.05) is 5.75 Å². The molecule has 3 aromatic rings. The van der Waals surface area contributed by atoms with E-state index in [1.807, 2.05) is 0 Å². The van der Waals surface area contributed by atoms with Crippen LogP contribution in [0, 0.1) is 0 Å². The highest BCUT2D eigenvalue weighted by Crippen LogP contribution is 2.23. The highest BCUT2D eigenvalue weighted by Gasteiger charge is 2.18. The van der Waals surface area contributed by atoms with Crippen molar-refractivity contribution in [2.24, 2.45) is 7.05 Å². The number of aromatic amines is 1. The third-order valence-electron chi connectivity index (χ3n) is 3.55. The molecule has 0 bridgehead atoms. The zero-order valence-corrected chi connectivity index (χ0v) is 14.6. The van der Waals surface area contributed by atoms with E-state index in [9.17, 15) is 14.4 Å². The van der Waals surface area contributed by atoms with Crippen LogP contribution in [0.15, 0.2) is 39.0 Å². The number of nitrogens with one attached hydrogen (secondary N) is 1. The summed E-state index contributed by atoms with van der Waals surface area (Å²) >= 11 is 6.87. The maximum absolute atomic E-state index is 12.3. The molecular formula is C15H13ClN4O4S. The number of carboxylic acids is 1. The minimum atomic E-state index is -1.00. The van der Waals surface area contributed by atoms with Crippen molar-refractivity contribution in [3.63, 3.8) is 0 Å². The van der Waals surface area contributed by atoms with Crippen LogP contribution >= 0.6 is 23.4 Å². The molecule has 3 rings (SSSR count). The first-order valence-corrected chi connectivity index (χ1v) is 8.51. The average molecular weight is 381 g/mol. The Kier molecular flexibility index (Phi) is 4.69. The molecule has 2 heterocycles. The number of nitrogens with zero attached hydrogens (tertiary/aromatic N) is 3. The van der Waals surface area contributed by atoms with Gasteiger partial charge in [0.1, 0.15) is 0 Å². The fraction of sp³-hybridized carbons (Fsp3) is 0.200. The van der Waals surface area contributed by atoms with E-state index in [4.69, 9.17) is 16.7 Å². The van der Waals surface area contributed by atoms with Crippen molar-refractivity contribution in [3.05, 3.63) is 55.7 Å². The van der Waals surface area contributed by atoms with Crippen LogP contribution in [-0.4, -0.2) is 35.9 Å². The molecule has 0 saturated heterocycles. The van der Waals surface area contributed by atoms with Gasteiger partial charge in [-0.15, -0.1) is 0 Å². The highest BCUT2D eigenvalue weighted by molar-refractivity contribution is 7.99. The monoisotopic (exact) mass is 380 g/mol. The number of hydrogen-bond donors (Lipinski definition) is 2. The molecule has 0 aliphatic carbocycles. The molecule has 0 amide bonds. The van der Waals surface area contributed by atoms with Gasteiger partial charge >= 0.3 is 11.7 Å². The minimum absolute atomic E-state index is 0.204. The molecule has 2 aromatic heterocycles. The van der Waals surface area contributed by atoms with Gasteiger partial charge in [-0.1, -0.05) is 35.5 Å². The van der Waals surface area contributed by atoms with Crippen molar-refractivity contribution in [2.45, 2.75) is 11.7 Å². The number of carboxylic acid groups (broad SMARTS) is 1. The summed E-state index contributed by atoms with van der Waals surface area (Å²) in [6.07, 6.45) is 0. The molecule has 0 unspecified atom stereocenters. The molecule has 25 heavy (non-hydrogen) atoms. The summed E-state index contributed by atoms with van der Waals surface area (Å²) in [6.45, 7) is 0.289. The van der Waals surface area contributed by atoms with Gasteiger partial charge in [-0.2, -0.15) is 0 Å². The number of rotatable bonds is 5. The molecule has 0 aliphatic rings. The van der Waals surface area contributed by atoms with Crippen LogP contribution < -0.4 is 11.2 Å². The predicted molar refractivity (Wildman–Crippen MR) is 94.5 cm³/mol. The van der Waals surface area contributed by atoms with E-state index >= 15 is 0 Å². The number of thioether (sulfide) groups is 1. The number of benzene rings is 1. The molecule has 0 spiro atoms. The van der Waals surface area contributed by atoms with Crippen molar-refractivity contribution >= 4 is 40.5 Å². The molecule has 0 saturated carbocycles. The quantitative estimate of drug-likeness (QED) is 0.645. The normalized spacial score (nSPS) is 11.1. The standard InChI is InChI=1S/C15H13ClN4O4S/c1-19-12-11(13(23)18-14(19)24)20(15(17-12)25-7-10(21)22)6-8-2-4-9(16)5-3-8/h2-5H,6-7H2,1H3,(H,21,22)(H,18,23,24). The lowest BCUT2D eigenvalue weighted by molar-refractivity contribution is -0.133. The second kappa shape index (κ2) is 6.77. The topological polar surface area (TPSA) is 110 Å². The lowest BCUT2D eigenvalue weighted by Gasteiger charge is -2.08. The van der Waals surface area contributed by atoms with Crippen LogP contribution in [0.2, 0.25) is 5.02 Å². The maximum atomic E-state index is 12.3. The first-order chi connectivity index (χ1) is 11.9. The summed E-state index contributed by atoms with van der Waals surface area (Å²) in [5, 5.41) is 9.85. The van der Waals surface area contributed by atoms with Gasteiger partial charge in [0.15, 0.2) is 16.3 Å². The Labute approximate surface area is 150 Å². The summed E-state index contributed by atoms with van der Waals surface area (Å²) in [5.74, 6) is -1.21. The van der Waals surface area contributed by atoms with E-state index in [1.165, 1.54) is 11.6 Å². The van der Waals surface area contributed by atoms with Crippen LogP contribution in [0.25, 0.3) is 11.2 Å². The van der Waals surface area contributed by atoms with Crippen molar-refractivity contribution in [3.8, 4) is 0 Å². The van der Waals surface area contributed by atoms with E-state index in [0.717, 1.165) is 17.3 Å². The molecule has 130 valence electrons. The van der Waals surface area contributed by atoms with E-state index in [1.54, 1.807) is 28.8 Å². The second-order valence-electron chi connectivity index (χ2n) is 5.28. The van der Waals surface area contributed by atoms with Crippen LogP contribution in [0.4, 0.5) is 0 Å². The average Bonchev–Trinajstić information content (AvgIpc) is 2.92. The molecule has 2 N–H and O–H groups in total. The molecule has 10 heteroatoms. The first kappa shape index (κ1) is 17.3. The van der Waals surface area contributed by atoms with E-state index < -0.39 is 17.2 Å². The second-order valence-corrected chi connectivity index (χ2v) is 6.66. The third kappa shape index (κ3) is 3.47. The van der Waals surface area contributed by atoms with Gasteiger partial charge in [0, 0.05) is 12.1 Å². The number of imidazole rings is 1. The molecule has 0 fully saturated rings. The zero-order valence-electron chi connectivity index (χ0n) is 13.0. The molecule has 0 aliphatic heterocycles. The van der Waals surface area contributed by atoms with Crippen molar-refractivity contribution < 1.29 is 9.90 Å². The van der Waals surface area contributed by atoms with Gasteiger partial charge in [-0.3, -0.25) is 19.1 Å². The summed E-state index contributed by atoms with van der Waals surface area (Å²) in [4.78, 5) is 41.5. The fourth-order valence-electron chi connectivity index (χ4n) is 2.37. The molecular weight excluding hydrogens is 368 g/mol. The largest absolute Gasteiger partial charge is 0.481 e. The lowest BCUT2D eigenvalue weighted by atomic mass is 10.2. The van der Waals surface area contributed by atoms with E-state index in [0.29, 0.717) is 10.2 Å². The van der Waals surface area contributed by atoms with Crippen molar-refractivity contribution in [1.82, 2.24) is 19.1 Å². The first-order valence-electron chi connectivity index (χ1n) is 7.15. The molecule has 1 aromatic carbocycles. The van der Waals surface area contributed by atoms with Crippen molar-refractivity contribution in [1.29, 1.82) is 0 Å². The summed E-state index contributed by atoms with van der Waals surface area (Å²) < 4.78 is 2.82. The van der Waals surface area contributed by atoms with Gasteiger partial charge in [0.25, 0.3) is 5.56 Å². The van der Waals surface area contributed by atoms with E-state index in [-0.39, 0.29) is 23.5 Å². The zero-order chi connectivity index (χ0) is 18.1. The summed E-state index contributed by atoms with van der Waals surface area (Å²) in [7, 11) is 1.49. The molecule has 8 nitrogen and oxygen atoms in total. The van der Waals surface area contributed by atoms with Gasteiger partial charge in [0.05, 0.1) is 12.3 Å². The Hall–Kier alpha value is -2.52. The SMILES string of the molecule is Cn1c(=O)[nH]c(=O)c2c1nc(SCC(=O)O)n2Cc1ccc(Cl)cc1. The van der Waals surface area contributed by atoms with Gasteiger partial charge in [-0.25, -0.2) is 9.78 Å². The number of aromatic nitrogens is 4. The molecule has 0 radical (unpaired) electrons. The maximum Gasteiger partial charge on any atom is 0.329 e. The number of carbonyl (C=O) groups is 1. The Bertz CT molecular complexity index is 1070. The van der Waals surface area contributed by atoms with E-state index in [2.05, 4.69) is 9.97 Å². The number of aliphatic carboxylic acids is 1. The number of aryl methyl sites for hydroxylation is 1. The fourth-order valence-corrected chi connectivity index (χ4v) is 3.21. The smallest absolute Gasteiger partial charge is 0.329 e. The van der Waals surface area contributed by atoms with Gasteiger partial charge in [-0.05, 0) is 17.7 Å². The summed E-state index contributed by atoms with van der Waals surface area (Å²) in [5.41, 5.74) is 0.125. The third-order valence-corrected chi connectivity index (χ3v) is 4.76. The van der Waals surface area contributed by atoms with Crippen LogP contribution in [-0.2, 0) is 18.4 Å². The Morgan fingerprint density at radius 3 is 2.64 bits per heavy atom. The van der Waals surface area contributed by atoms with Crippen LogP contribution in [0.3, 0.4) is 0 Å². The van der Waals surface area contributed by atoms with Gasteiger partial charge in [0.2, 0.25) is 0 Å². The Morgan fingerprint density at radius 2 is 2.00 bits per heavy atom. The minimum Gasteiger partial charge on any atom is -0.481 e. The Balaban J connectivity index is 2.18. The lowest BCUT2D eigenvalue weighted by Crippen LogP contribution is -2.29. The predicted octanol–water partition coefficient (Wildman–Crippen LogP) is 1.30. The highest BCUT2D eigenvalue weighted by atomic mass is 35.5. The van der Waals surface area contributed by atoms with Crippen LogP contribution in [0.1, 0.15) is 5.56 Å². The molecule has 0 atom stereocenters. The number of H-pyrrole nitrogens is 1. The Morgan fingerprint density at radius 1 is 1.32 bits per heavy atom. The van der Waals surface area contributed by atoms with Crippen LogP contribution in [0.5, 0.6) is 0 Å². The number of fused-ring (bicyclic) bond motifs is 1. The number of halogens is 1. The summed E-state index contributed by atoms with van der Waals surface area (Å²) in [6, 6.07) is 7.05. The number of hydrogen-bond acceptors (Lipinski definition) is 5. The van der Waals surface area contributed by atoms with Gasteiger partial charge < -0.3 is 9.67 Å².